The van der Waals surface area contributed by atoms with Crippen LogP contribution in [-0.2, 0) is 0 Å². The molecule has 138 valence electrons. The van der Waals surface area contributed by atoms with Crippen LogP contribution in [-0.4, -0.2) is 20.9 Å². The number of fused-ring (bicyclic) bond motifs is 1. The predicted octanol–water partition coefficient (Wildman–Crippen LogP) is 4.60. The highest BCUT2D eigenvalue weighted by Gasteiger charge is 2.19. The van der Waals surface area contributed by atoms with Crippen LogP contribution in [0.1, 0.15) is 21.5 Å². The molecule has 2 N–H and O–H groups in total. The van der Waals surface area contributed by atoms with Crippen LogP contribution in [0.2, 0.25) is 5.02 Å². The summed E-state index contributed by atoms with van der Waals surface area (Å²) >= 11 is 12.6. The number of halogens is 1. The van der Waals surface area contributed by atoms with E-state index in [4.69, 9.17) is 23.8 Å². The van der Waals surface area contributed by atoms with Crippen LogP contribution in [0.15, 0.2) is 30.3 Å². The van der Waals surface area contributed by atoms with Crippen molar-refractivity contribution in [2.24, 2.45) is 0 Å². The van der Waals surface area contributed by atoms with Crippen LogP contribution < -0.4 is 10.6 Å². The second-order valence-corrected chi connectivity index (χ2v) is 7.55. The lowest BCUT2D eigenvalue weighted by Gasteiger charge is -2.09. The summed E-state index contributed by atoms with van der Waals surface area (Å²) in [6.07, 6.45) is 0. The Bertz CT molecular complexity index is 1060. The molecule has 10 heteroatoms. The van der Waals surface area contributed by atoms with E-state index in [9.17, 15) is 14.9 Å². The van der Waals surface area contributed by atoms with Crippen molar-refractivity contribution in [3.63, 3.8) is 0 Å². The van der Waals surface area contributed by atoms with Gasteiger partial charge in [0.15, 0.2) is 10.2 Å². The van der Waals surface area contributed by atoms with E-state index in [1.54, 1.807) is 6.07 Å². The van der Waals surface area contributed by atoms with Gasteiger partial charge in [0.25, 0.3) is 11.6 Å². The summed E-state index contributed by atoms with van der Waals surface area (Å²) in [7, 11) is 0. The Morgan fingerprint density at radius 2 is 2.07 bits per heavy atom. The molecule has 0 spiro atoms. The second kappa shape index (κ2) is 7.55. The third kappa shape index (κ3) is 4.05. The van der Waals surface area contributed by atoms with Gasteiger partial charge in [-0.05, 0) is 49.8 Å². The summed E-state index contributed by atoms with van der Waals surface area (Å²) < 4.78 is 0.933. The molecule has 7 nitrogen and oxygen atoms in total. The van der Waals surface area contributed by atoms with Gasteiger partial charge < -0.3 is 5.32 Å². The first-order valence-electron chi connectivity index (χ1n) is 7.69. The third-order valence-electron chi connectivity index (χ3n) is 3.86. The van der Waals surface area contributed by atoms with Gasteiger partial charge in [0.05, 0.1) is 15.1 Å². The number of benzene rings is 2. The Balaban J connectivity index is 1.75. The lowest BCUT2D eigenvalue weighted by Crippen LogP contribution is -2.34. The van der Waals surface area contributed by atoms with Gasteiger partial charge in [0, 0.05) is 22.2 Å². The fourth-order valence-electron chi connectivity index (χ4n) is 2.47. The molecule has 1 amide bonds. The van der Waals surface area contributed by atoms with E-state index in [2.05, 4.69) is 15.6 Å². The number of aromatic nitrogens is 1. The van der Waals surface area contributed by atoms with Crippen molar-refractivity contribution in [3.05, 3.63) is 62.2 Å². The first kappa shape index (κ1) is 19.2. The highest BCUT2D eigenvalue weighted by Crippen LogP contribution is 2.30. The fourth-order valence-corrected chi connectivity index (χ4v) is 3.83. The zero-order valence-electron chi connectivity index (χ0n) is 14.2. The second-order valence-electron chi connectivity index (χ2n) is 5.70. The Morgan fingerprint density at radius 3 is 2.78 bits per heavy atom. The third-order valence-corrected chi connectivity index (χ3v) is 5.41. The molecule has 0 saturated heterocycles. The summed E-state index contributed by atoms with van der Waals surface area (Å²) in [4.78, 5) is 27.3. The molecule has 0 radical (unpaired) electrons. The Kier molecular flexibility index (Phi) is 5.36. The van der Waals surface area contributed by atoms with Crippen LogP contribution in [0.25, 0.3) is 10.2 Å². The van der Waals surface area contributed by atoms with Gasteiger partial charge in [-0.25, -0.2) is 4.98 Å². The van der Waals surface area contributed by atoms with Gasteiger partial charge >= 0.3 is 0 Å². The van der Waals surface area contributed by atoms with Crippen molar-refractivity contribution in [2.45, 2.75) is 13.8 Å². The maximum absolute atomic E-state index is 12.4. The number of aryl methyl sites for hydroxylation is 1. The van der Waals surface area contributed by atoms with Crippen molar-refractivity contribution < 1.29 is 9.72 Å². The molecule has 1 heterocycles. The molecule has 3 aromatic rings. The maximum atomic E-state index is 12.4. The molecule has 0 saturated carbocycles. The van der Waals surface area contributed by atoms with Gasteiger partial charge in [-0.15, -0.1) is 0 Å². The van der Waals surface area contributed by atoms with Gasteiger partial charge in [0.1, 0.15) is 0 Å². The zero-order chi connectivity index (χ0) is 19.7. The normalized spacial score (nSPS) is 10.6. The Labute approximate surface area is 168 Å². The van der Waals surface area contributed by atoms with E-state index in [0.29, 0.717) is 10.2 Å². The maximum Gasteiger partial charge on any atom is 0.273 e. The van der Waals surface area contributed by atoms with Gasteiger partial charge in [0.2, 0.25) is 0 Å². The molecule has 0 atom stereocenters. The lowest BCUT2D eigenvalue weighted by molar-refractivity contribution is -0.385. The van der Waals surface area contributed by atoms with Crippen molar-refractivity contribution >= 4 is 67.2 Å². The number of carbonyl (C=O) groups excluding carboxylic acids is 1. The number of anilines is 1. The Hall–Kier alpha value is -2.62. The van der Waals surface area contributed by atoms with E-state index in [1.165, 1.54) is 36.5 Å². The van der Waals surface area contributed by atoms with Gasteiger partial charge in [-0.3, -0.25) is 20.2 Å². The highest BCUT2D eigenvalue weighted by molar-refractivity contribution is 7.80. The summed E-state index contributed by atoms with van der Waals surface area (Å²) in [5.41, 5.74) is 1.99. The summed E-state index contributed by atoms with van der Waals surface area (Å²) in [5, 5.41) is 17.6. The van der Waals surface area contributed by atoms with Crippen molar-refractivity contribution in [1.82, 2.24) is 10.3 Å². The number of hydrogen-bond donors (Lipinski definition) is 2. The first-order valence-corrected chi connectivity index (χ1v) is 9.29. The molecule has 0 aliphatic heterocycles. The smallest absolute Gasteiger partial charge is 0.273 e. The molecule has 0 bridgehead atoms. The average Bonchev–Trinajstić information content (AvgIpc) is 2.95. The highest BCUT2D eigenvalue weighted by atomic mass is 35.5. The van der Waals surface area contributed by atoms with E-state index >= 15 is 0 Å². The molecule has 0 unspecified atom stereocenters. The van der Waals surface area contributed by atoms with Gasteiger partial charge in [-0.1, -0.05) is 29.0 Å². The SMILES string of the molecule is Cc1cc2sc(NC(=S)NC(=O)c3cccc([N+](=O)[O-])c3C)nc2cc1Cl. The minimum absolute atomic E-state index is 0.0489. The molecular formula is C17H13ClN4O3S2. The predicted molar refractivity (Wildman–Crippen MR) is 111 cm³/mol. The number of amides is 1. The first-order chi connectivity index (χ1) is 12.8. The fraction of sp³-hybridized carbons (Fsp3) is 0.118. The van der Waals surface area contributed by atoms with Crippen molar-refractivity contribution in [1.29, 1.82) is 0 Å². The minimum Gasteiger partial charge on any atom is -0.308 e. The standard InChI is InChI=1S/C17H13ClN4O3S2/c1-8-6-14-12(7-11(8)18)19-17(27-14)21-16(26)20-15(23)10-4-3-5-13(9(10)2)22(24)25/h3-7H,1-2H3,(H2,19,20,21,23,26). The van der Waals surface area contributed by atoms with Crippen LogP contribution in [0.4, 0.5) is 10.8 Å². The number of carbonyl (C=O) groups is 1. The molecule has 0 aliphatic carbocycles. The number of nitro groups is 1. The minimum atomic E-state index is -0.534. The van der Waals surface area contributed by atoms with E-state index in [-0.39, 0.29) is 21.9 Å². The zero-order valence-corrected chi connectivity index (χ0v) is 16.6. The van der Waals surface area contributed by atoms with E-state index in [1.807, 2.05) is 13.0 Å². The molecule has 27 heavy (non-hydrogen) atoms. The summed E-state index contributed by atoms with van der Waals surface area (Å²) in [5.74, 6) is -0.534. The number of thiazole rings is 1. The van der Waals surface area contributed by atoms with Crippen LogP contribution in [0.3, 0.4) is 0 Å². The number of nitrogens with zero attached hydrogens (tertiary/aromatic N) is 2. The van der Waals surface area contributed by atoms with Gasteiger partial charge in [-0.2, -0.15) is 0 Å². The number of rotatable bonds is 3. The Morgan fingerprint density at radius 1 is 1.33 bits per heavy atom. The molecule has 0 aliphatic rings. The van der Waals surface area contributed by atoms with Crippen molar-refractivity contribution in [2.75, 3.05) is 5.32 Å². The quantitative estimate of drug-likeness (QED) is 0.365. The molecular weight excluding hydrogens is 408 g/mol. The summed E-state index contributed by atoms with van der Waals surface area (Å²) in [6.45, 7) is 3.42. The van der Waals surface area contributed by atoms with E-state index in [0.717, 1.165) is 15.8 Å². The average molecular weight is 421 g/mol. The van der Waals surface area contributed by atoms with Crippen molar-refractivity contribution in [3.8, 4) is 0 Å². The topological polar surface area (TPSA) is 97.2 Å². The number of thiocarbonyl (C=S) groups is 1. The number of nitro benzene ring substituents is 1. The number of nitrogens with one attached hydrogen (secondary N) is 2. The monoisotopic (exact) mass is 420 g/mol. The lowest BCUT2D eigenvalue weighted by atomic mass is 10.1. The number of hydrogen-bond acceptors (Lipinski definition) is 6. The molecule has 2 aromatic carbocycles. The van der Waals surface area contributed by atoms with Crippen LogP contribution in [0.5, 0.6) is 0 Å². The van der Waals surface area contributed by atoms with E-state index < -0.39 is 10.8 Å². The largest absolute Gasteiger partial charge is 0.308 e. The molecule has 1 aromatic heterocycles. The molecule has 3 rings (SSSR count). The molecule has 0 fully saturated rings. The van der Waals surface area contributed by atoms with Crippen LogP contribution in [0, 0.1) is 24.0 Å². The summed E-state index contributed by atoms with van der Waals surface area (Å²) in [6, 6.07) is 7.99. The van der Waals surface area contributed by atoms with Crippen LogP contribution >= 0.6 is 35.2 Å².